The highest BCUT2D eigenvalue weighted by atomic mass is 32.2. The molecule has 152 valence electrons. The van der Waals surface area contributed by atoms with Crippen LogP contribution in [0.2, 0.25) is 0 Å². The van der Waals surface area contributed by atoms with E-state index in [1.165, 1.54) is 4.31 Å². The molecule has 0 unspecified atom stereocenters. The van der Waals surface area contributed by atoms with Gasteiger partial charge in [0.05, 0.1) is 10.9 Å². The Morgan fingerprint density at radius 1 is 1.26 bits per heavy atom. The Kier molecular flexibility index (Phi) is 7.42. The molecule has 6 nitrogen and oxygen atoms in total. The molecule has 7 heteroatoms. The highest BCUT2D eigenvalue weighted by molar-refractivity contribution is 7.89. The third kappa shape index (κ3) is 5.09. The number of piperidine rings is 1. The number of rotatable bonds is 7. The van der Waals surface area contributed by atoms with Crippen molar-refractivity contribution in [2.24, 2.45) is 5.92 Å². The van der Waals surface area contributed by atoms with Gasteiger partial charge in [-0.25, -0.2) is 8.42 Å². The highest BCUT2D eigenvalue weighted by Gasteiger charge is 2.27. The van der Waals surface area contributed by atoms with Gasteiger partial charge < -0.3 is 5.32 Å². The maximum atomic E-state index is 12.9. The van der Waals surface area contributed by atoms with E-state index < -0.39 is 10.0 Å². The normalized spacial score (nSPS) is 17.9. The fraction of sp³-hybridized carbons (Fsp3) is 0.650. The summed E-state index contributed by atoms with van der Waals surface area (Å²) in [6.45, 7) is 12.3. The molecule has 1 fully saturated rings. The Morgan fingerprint density at radius 2 is 1.85 bits per heavy atom. The quantitative estimate of drug-likeness (QED) is 0.770. The molecular weight excluding hydrogens is 362 g/mol. The van der Waals surface area contributed by atoms with Crippen LogP contribution in [-0.2, 0) is 14.8 Å². The summed E-state index contributed by atoms with van der Waals surface area (Å²) in [5.41, 5.74) is 1.20. The SMILES string of the molecule is CCN(CC)S(=O)(=O)c1cc(NC(=O)[C@@H](C)N2CCC(C)CC2)ccc1C. The van der Waals surface area contributed by atoms with E-state index in [0.717, 1.165) is 25.9 Å². The van der Waals surface area contributed by atoms with Gasteiger partial charge in [-0.2, -0.15) is 4.31 Å². The first kappa shape index (κ1) is 21.9. The molecule has 0 spiro atoms. The lowest BCUT2D eigenvalue weighted by atomic mass is 9.98. The van der Waals surface area contributed by atoms with E-state index in [4.69, 9.17) is 0 Å². The van der Waals surface area contributed by atoms with Crippen molar-refractivity contribution in [2.45, 2.75) is 58.4 Å². The van der Waals surface area contributed by atoms with Gasteiger partial charge in [0.15, 0.2) is 0 Å². The van der Waals surface area contributed by atoms with Crippen LogP contribution in [0.1, 0.15) is 46.1 Å². The number of hydrogen-bond acceptors (Lipinski definition) is 4. The van der Waals surface area contributed by atoms with Gasteiger partial charge in [0.2, 0.25) is 15.9 Å². The standard InChI is InChI=1S/C20H33N3O3S/c1-6-23(7-2)27(25,26)19-14-18(9-8-16(19)4)21-20(24)17(5)22-12-10-15(3)11-13-22/h8-9,14-15,17H,6-7,10-13H2,1-5H3,(H,21,24)/t17-/m1/s1. The largest absolute Gasteiger partial charge is 0.325 e. The van der Waals surface area contributed by atoms with Crippen LogP contribution in [0.3, 0.4) is 0 Å². The van der Waals surface area contributed by atoms with Gasteiger partial charge in [0, 0.05) is 18.8 Å². The number of nitrogens with zero attached hydrogens (tertiary/aromatic N) is 2. The summed E-state index contributed by atoms with van der Waals surface area (Å²) in [4.78, 5) is 15.1. The molecule has 0 bridgehead atoms. The lowest BCUT2D eigenvalue weighted by molar-refractivity contribution is -0.121. The maximum Gasteiger partial charge on any atom is 0.243 e. The monoisotopic (exact) mass is 395 g/mol. The van der Waals surface area contributed by atoms with E-state index in [9.17, 15) is 13.2 Å². The Labute approximate surface area is 164 Å². The van der Waals surface area contributed by atoms with Crippen LogP contribution in [-0.4, -0.2) is 55.8 Å². The highest BCUT2D eigenvalue weighted by Crippen LogP contribution is 2.24. The van der Waals surface area contributed by atoms with Crippen molar-refractivity contribution in [3.8, 4) is 0 Å². The summed E-state index contributed by atoms with van der Waals surface area (Å²) in [5, 5.41) is 2.90. The van der Waals surface area contributed by atoms with Crippen molar-refractivity contribution >= 4 is 21.6 Å². The third-order valence-corrected chi connectivity index (χ3v) is 7.72. The summed E-state index contributed by atoms with van der Waals surface area (Å²) in [7, 11) is -3.57. The number of nitrogens with one attached hydrogen (secondary N) is 1. The molecule has 2 rings (SSSR count). The van der Waals surface area contributed by atoms with E-state index >= 15 is 0 Å². The first-order valence-corrected chi connectivity index (χ1v) is 11.3. The molecular formula is C20H33N3O3S. The van der Waals surface area contributed by atoms with Gasteiger partial charge in [-0.15, -0.1) is 0 Å². The van der Waals surface area contributed by atoms with Gasteiger partial charge in [-0.05, 0) is 63.4 Å². The van der Waals surface area contributed by atoms with Crippen molar-refractivity contribution in [3.63, 3.8) is 0 Å². The number of carbonyl (C=O) groups excluding carboxylic acids is 1. The summed E-state index contributed by atoms with van der Waals surface area (Å²) < 4.78 is 27.2. The molecule has 1 heterocycles. The number of carbonyl (C=O) groups is 1. The number of likely N-dealkylation sites (tertiary alicyclic amines) is 1. The van der Waals surface area contributed by atoms with E-state index in [-0.39, 0.29) is 16.8 Å². The van der Waals surface area contributed by atoms with Gasteiger partial charge >= 0.3 is 0 Å². The average molecular weight is 396 g/mol. The minimum Gasteiger partial charge on any atom is -0.325 e. The van der Waals surface area contributed by atoms with Crippen LogP contribution >= 0.6 is 0 Å². The Hall–Kier alpha value is -1.44. The predicted octanol–water partition coefficient (Wildman–Crippen LogP) is 3.08. The zero-order valence-electron chi connectivity index (χ0n) is 17.2. The van der Waals surface area contributed by atoms with E-state index in [2.05, 4.69) is 17.1 Å². The Balaban J connectivity index is 2.17. The van der Waals surface area contributed by atoms with Crippen LogP contribution in [0.15, 0.2) is 23.1 Å². The fourth-order valence-corrected chi connectivity index (χ4v) is 5.20. The summed E-state index contributed by atoms with van der Waals surface area (Å²) in [6, 6.07) is 4.85. The number of amides is 1. The Bertz CT molecular complexity index is 752. The smallest absolute Gasteiger partial charge is 0.243 e. The van der Waals surface area contributed by atoms with E-state index in [1.54, 1.807) is 25.1 Å². The molecule has 1 aliphatic heterocycles. The topological polar surface area (TPSA) is 69.7 Å². The van der Waals surface area contributed by atoms with Crippen LogP contribution in [0, 0.1) is 12.8 Å². The molecule has 0 radical (unpaired) electrons. The van der Waals surface area contributed by atoms with Crippen LogP contribution in [0.5, 0.6) is 0 Å². The maximum absolute atomic E-state index is 12.9. The van der Waals surface area contributed by atoms with Crippen molar-refractivity contribution in [3.05, 3.63) is 23.8 Å². The average Bonchev–Trinajstić information content (AvgIpc) is 2.64. The molecule has 1 atom stereocenters. The second-order valence-electron chi connectivity index (χ2n) is 7.45. The molecule has 1 amide bonds. The first-order valence-electron chi connectivity index (χ1n) is 9.86. The fourth-order valence-electron chi connectivity index (χ4n) is 3.49. The first-order chi connectivity index (χ1) is 12.7. The molecule has 1 N–H and O–H groups in total. The molecule has 0 aliphatic carbocycles. The van der Waals surface area contributed by atoms with Crippen molar-refractivity contribution in [1.29, 1.82) is 0 Å². The molecule has 0 aromatic heterocycles. The summed E-state index contributed by atoms with van der Waals surface area (Å²) in [5.74, 6) is 0.612. The Morgan fingerprint density at radius 3 is 2.41 bits per heavy atom. The molecule has 0 saturated carbocycles. The van der Waals surface area contributed by atoms with Crippen molar-refractivity contribution in [2.75, 3.05) is 31.5 Å². The molecule has 27 heavy (non-hydrogen) atoms. The van der Waals surface area contributed by atoms with Gasteiger partial charge in [-0.3, -0.25) is 9.69 Å². The van der Waals surface area contributed by atoms with Gasteiger partial charge in [0.1, 0.15) is 0 Å². The third-order valence-electron chi connectivity index (χ3n) is 5.52. The molecule has 1 aromatic rings. The lowest BCUT2D eigenvalue weighted by Crippen LogP contribution is -2.45. The molecule has 1 saturated heterocycles. The van der Waals surface area contributed by atoms with Crippen molar-refractivity contribution in [1.82, 2.24) is 9.21 Å². The van der Waals surface area contributed by atoms with Crippen LogP contribution in [0.25, 0.3) is 0 Å². The van der Waals surface area contributed by atoms with Gasteiger partial charge in [0.25, 0.3) is 0 Å². The van der Waals surface area contributed by atoms with Crippen LogP contribution < -0.4 is 5.32 Å². The minimum absolute atomic E-state index is 0.0976. The lowest BCUT2D eigenvalue weighted by Gasteiger charge is -2.34. The number of sulfonamides is 1. The number of hydrogen-bond donors (Lipinski definition) is 1. The number of aryl methyl sites for hydroxylation is 1. The zero-order valence-corrected chi connectivity index (χ0v) is 18.0. The van der Waals surface area contributed by atoms with E-state index in [0.29, 0.717) is 30.3 Å². The second-order valence-corrected chi connectivity index (χ2v) is 9.36. The van der Waals surface area contributed by atoms with Gasteiger partial charge in [-0.1, -0.05) is 26.8 Å². The van der Waals surface area contributed by atoms with Crippen LogP contribution in [0.4, 0.5) is 5.69 Å². The summed E-state index contributed by atoms with van der Waals surface area (Å²) in [6.07, 6.45) is 2.21. The molecule has 1 aromatic carbocycles. The second kappa shape index (κ2) is 9.17. The summed E-state index contributed by atoms with van der Waals surface area (Å²) >= 11 is 0. The van der Waals surface area contributed by atoms with Crippen molar-refractivity contribution < 1.29 is 13.2 Å². The number of anilines is 1. The zero-order chi connectivity index (χ0) is 20.2. The molecule has 1 aliphatic rings. The number of benzene rings is 1. The van der Waals surface area contributed by atoms with E-state index in [1.807, 2.05) is 20.8 Å². The minimum atomic E-state index is -3.57. The predicted molar refractivity (Wildman–Crippen MR) is 109 cm³/mol.